The highest BCUT2D eigenvalue weighted by atomic mass is 19.4. The van der Waals surface area contributed by atoms with Gasteiger partial charge in [0.25, 0.3) is 0 Å². The van der Waals surface area contributed by atoms with Crippen LogP contribution in [0.4, 0.5) is 18.0 Å². The summed E-state index contributed by atoms with van der Waals surface area (Å²) in [6.07, 6.45) is -3.51. The van der Waals surface area contributed by atoms with Crippen molar-refractivity contribution in [1.82, 2.24) is 15.5 Å². The summed E-state index contributed by atoms with van der Waals surface area (Å²) < 4.78 is 36.6. The third-order valence-corrected chi connectivity index (χ3v) is 3.17. The van der Waals surface area contributed by atoms with Gasteiger partial charge in [-0.15, -0.1) is 0 Å². The van der Waals surface area contributed by atoms with Gasteiger partial charge in [-0.2, -0.15) is 13.2 Å². The second kappa shape index (κ2) is 7.68. The fourth-order valence-corrected chi connectivity index (χ4v) is 2.17. The molecule has 2 atom stereocenters. The first-order valence-corrected chi connectivity index (χ1v) is 6.75. The molecule has 3 N–H and O–H groups in total. The van der Waals surface area contributed by atoms with Crippen molar-refractivity contribution >= 4 is 6.03 Å². The summed E-state index contributed by atoms with van der Waals surface area (Å²) >= 11 is 0. The molecule has 0 bridgehead atoms. The van der Waals surface area contributed by atoms with Gasteiger partial charge < -0.3 is 15.7 Å². The van der Waals surface area contributed by atoms with Crippen LogP contribution in [0.5, 0.6) is 0 Å². The summed E-state index contributed by atoms with van der Waals surface area (Å²) in [5.74, 6) is 0.0554. The quantitative estimate of drug-likeness (QED) is 0.684. The van der Waals surface area contributed by atoms with Crippen molar-refractivity contribution in [3.05, 3.63) is 0 Å². The maximum absolute atomic E-state index is 12.2. The summed E-state index contributed by atoms with van der Waals surface area (Å²) in [6.45, 7) is 2.25. The van der Waals surface area contributed by atoms with Crippen LogP contribution >= 0.6 is 0 Å². The number of aliphatic hydroxyl groups excluding tert-OH is 1. The lowest BCUT2D eigenvalue weighted by Gasteiger charge is -2.18. The molecular weight excluding hydrogens is 275 g/mol. The second-order valence-corrected chi connectivity index (χ2v) is 5.28. The van der Waals surface area contributed by atoms with Crippen LogP contribution in [0.15, 0.2) is 0 Å². The number of rotatable bonds is 6. The van der Waals surface area contributed by atoms with Crippen LogP contribution in [0.3, 0.4) is 0 Å². The van der Waals surface area contributed by atoms with Crippen LogP contribution in [-0.2, 0) is 0 Å². The zero-order valence-corrected chi connectivity index (χ0v) is 11.5. The molecule has 118 valence electrons. The molecule has 2 amide bonds. The number of urea groups is 1. The number of halogens is 3. The average Bonchev–Trinajstić information content (AvgIpc) is 2.71. The van der Waals surface area contributed by atoms with Crippen LogP contribution in [0.2, 0.25) is 0 Å². The van der Waals surface area contributed by atoms with Gasteiger partial charge in [0.2, 0.25) is 0 Å². The number of likely N-dealkylation sites (tertiary alicyclic amines) is 1. The molecule has 0 saturated carbocycles. The SMILES string of the molecule is CC(O)CCNC(=O)NCC1CCN(CC(F)(F)F)C1. The van der Waals surface area contributed by atoms with Gasteiger partial charge in [0.15, 0.2) is 0 Å². The first-order chi connectivity index (χ1) is 9.26. The molecule has 20 heavy (non-hydrogen) atoms. The van der Waals surface area contributed by atoms with E-state index in [0.29, 0.717) is 39.0 Å². The van der Waals surface area contributed by atoms with E-state index >= 15 is 0 Å². The molecule has 0 radical (unpaired) electrons. The maximum atomic E-state index is 12.2. The third-order valence-electron chi connectivity index (χ3n) is 3.17. The molecule has 0 aromatic heterocycles. The lowest BCUT2D eigenvalue weighted by molar-refractivity contribution is -0.143. The molecule has 1 aliphatic heterocycles. The van der Waals surface area contributed by atoms with E-state index < -0.39 is 18.8 Å². The number of nitrogens with zero attached hydrogens (tertiary/aromatic N) is 1. The van der Waals surface area contributed by atoms with Gasteiger partial charge in [0.05, 0.1) is 12.6 Å². The van der Waals surface area contributed by atoms with E-state index in [2.05, 4.69) is 10.6 Å². The molecule has 0 aromatic rings. The Balaban J connectivity index is 2.13. The number of aliphatic hydroxyl groups is 1. The molecule has 2 unspecified atom stereocenters. The minimum atomic E-state index is -4.17. The van der Waals surface area contributed by atoms with E-state index in [1.165, 1.54) is 4.90 Å². The zero-order valence-electron chi connectivity index (χ0n) is 11.5. The Kier molecular flexibility index (Phi) is 6.54. The molecule has 0 aliphatic carbocycles. The minimum Gasteiger partial charge on any atom is -0.393 e. The van der Waals surface area contributed by atoms with Gasteiger partial charge in [-0.3, -0.25) is 4.90 Å². The Hall–Kier alpha value is -1.02. The van der Waals surface area contributed by atoms with E-state index in [1.807, 2.05) is 0 Å². The molecule has 1 fully saturated rings. The number of hydrogen-bond acceptors (Lipinski definition) is 3. The van der Waals surface area contributed by atoms with E-state index in [0.717, 1.165) is 0 Å². The molecular formula is C12H22F3N3O2. The lowest BCUT2D eigenvalue weighted by atomic mass is 10.1. The molecule has 0 aromatic carbocycles. The summed E-state index contributed by atoms with van der Waals surface area (Å²) in [5.41, 5.74) is 0. The Morgan fingerprint density at radius 2 is 2.15 bits per heavy atom. The topological polar surface area (TPSA) is 64.6 Å². The van der Waals surface area contributed by atoms with E-state index in [4.69, 9.17) is 5.11 Å². The molecule has 1 saturated heterocycles. The van der Waals surface area contributed by atoms with Crippen molar-refractivity contribution in [2.45, 2.75) is 32.0 Å². The maximum Gasteiger partial charge on any atom is 0.401 e. The molecule has 8 heteroatoms. The Bertz CT molecular complexity index is 311. The molecule has 1 aliphatic rings. The van der Waals surface area contributed by atoms with Crippen LogP contribution in [-0.4, -0.2) is 61.0 Å². The molecule has 5 nitrogen and oxygen atoms in total. The summed E-state index contributed by atoms with van der Waals surface area (Å²) in [5, 5.41) is 14.2. The zero-order chi connectivity index (χ0) is 15.2. The Morgan fingerprint density at radius 3 is 2.75 bits per heavy atom. The smallest absolute Gasteiger partial charge is 0.393 e. The van der Waals surface area contributed by atoms with Gasteiger partial charge in [-0.05, 0) is 32.2 Å². The fraction of sp³-hybridized carbons (Fsp3) is 0.917. The average molecular weight is 297 g/mol. The predicted molar refractivity (Wildman–Crippen MR) is 68.3 cm³/mol. The molecule has 1 heterocycles. The highest BCUT2D eigenvalue weighted by Gasteiger charge is 2.34. The fourth-order valence-electron chi connectivity index (χ4n) is 2.17. The van der Waals surface area contributed by atoms with E-state index in [1.54, 1.807) is 6.92 Å². The number of hydrogen-bond donors (Lipinski definition) is 3. The molecule has 0 spiro atoms. The predicted octanol–water partition coefficient (Wildman–Crippen LogP) is 0.941. The second-order valence-electron chi connectivity index (χ2n) is 5.28. The largest absolute Gasteiger partial charge is 0.401 e. The lowest BCUT2D eigenvalue weighted by Crippen LogP contribution is -2.40. The number of carbonyl (C=O) groups is 1. The van der Waals surface area contributed by atoms with Gasteiger partial charge in [-0.1, -0.05) is 0 Å². The monoisotopic (exact) mass is 297 g/mol. The summed E-state index contributed by atoms with van der Waals surface area (Å²) in [4.78, 5) is 12.8. The highest BCUT2D eigenvalue weighted by molar-refractivity contribution is 5.73. The van der Waals surface area contributed by atoms with Crippen molar-refractivity contribution in [2.24, 2.45) is 5.92 Å². The van der Waals surface area contributed by atoms with E-state index in [9.17, 15) is 18.0 Å². The number of amides is 2. The highest BCUT2D eigenvalue weighted by Crippen LogP contribution is 2.22. The van der Waals surface area contributed by atoms with Crippen LogP contribution in [0, 0.1) is 5.92 Å². The first-order valence-electron chi connectivity index (χ1n) is 6.75. The number of carbonyl (C=O) groups excluding carboxylic acids is 1. The summed E-state index contributed by atoms with van der Waals surface area (Å²) in [6, 6.07) is -0.347. The van der Waals surface area contributed by atoms with Crippen molar-refractivity contribution in [1.29, 1.82) is 0 Å². The van der Waals surface area contributed by atoms with Crippen LogP contribution in [0.25, 0.3) is 0 Å². The Morgan fingerprint density at radius 1 is 1.45 bits per heavy atom. The van der Waals surface area contributed by atoms with Gasteiger partial charge in [-0.25, -0.2) is 4.79 Å². The minimum absolute atomic E-state index is 0.0554. The van der Waals surface area contributed by atoms with Crippen molar-refractivity contribution in [3.63, 3.8) is 0 Å². The van der Waals surface area contributed by atoms with E-state index in [-0.39, 0.29) is 11.9 Å². The van der Waals surface area contributed by atoms with Crippen LogP contribution < -0.4 is 10.6 Å². The number of alkyl halides is 3. The standard InChI is InChI=1S/C12H22F3N3O2/c1-9(19)2-4-16-11(20)17-6-10-3-5-18(7-10)8-12(13,14)15/h9-10,19H,2-8H2,1H3,(H2,16,17,20). The van der Waals surface area contributed by atoms with Gasteiger partial charge in [0.1, 0.15) is 0 Å². The third kappa shape index (κ3) is 7.54. The van der Waals surface area contributed by atoms with Crippen molar-refractivity contribution in [2.75, 3.05) is 32.7 Å². The summed E-state index contributed by atoms with van der Waals surface area (Å²) in [7, 11) is 0. The van der Waals surface area contributed by atoms with Crippen molar-refractivity contribution in [3.8, 4) is 0 Å². The normalized spacial score (nSPS) is 21.8. The van der Waals surface area contributed by atoms with Crippen LogP contribution in [0.1, 0.15) is 19.8 Å². The molecule has 1 rings (SSSR count). The number of nitrogens with one attached hydrogen (secondary N) is 2. The Labute approximate surface area is 116 Å². The first kappa shape index (κ1) is 17.0. The van der Waals surface area contributed by atoms with Crippen molar-refractivity contribution < 1.29 is 23.1 Å². The van der Waals surface area contributed by atoms with Gasteiger partial charge >= 0.3 is 12.2 Å². The van der Waals surface area contributed by atoms with Gasteiger partial charge in [0, 0.05) is 19.6 Å².